The molecule has 5 heteroatoms. The first-order chi connectivity index (χ1) is 11.7. The van der Waals surface area contributed by atoms with Gasteiger partial charge in [0, 0.05) is 6.54 Å². The minimum Gasteiger partial charge on any atom is -0.489 e. The minimum atomic E-state index is -0.313. The third-order valence-electron chi connectivity index (χ3n) is 3.34. The molecule has 2 rings (SSSR count). The van der Waals surface area contributed by atoms with Crippen LogP contribution in [0.15, 0.2) is 48.5 Å². The monoisotopic (exact) mass is 324 g/mol. The van der Waals surface area contributed by atoms with E-state index in [1.54, 1.807) is 19.1 Å². The summed E-state index contributed by atoms with van der Waals surface area (Å²) in [5.74, 6) is 0.373. The second kappa shape index (κ2) is 9.33. The van der Waals surface area contributed by atoms with Crippen molar-refractivity contribution in [3.63, 3.8) is 0 Å². The van der Waals surface area contributed by atoms with Crippen LogP contribution < -0.4 is 10.1 Å². The van der Waals surface area contributed by atoms with E-state index in [9.17, 15) is 10.1 Å². The second-order valence-corrected chi connectivity index (χ2v) is 5.11. The molecule has 0 spiro atoms. The van der Waals surface area contributed by atoms with Crippen LogP contribution in [0.1, 0.15) is 23.6 Å². The molecule has 0 saturated carbocycles. The zero-order valence-corrected chi connectivity index (χ0v) is 13.6. The van der Waals surface area contributed by atoms with Crippen LogP contribution in [0.2, 0.25) is 0 Å². The number of nitrogens with one attached hydrogen (secondary N) is 1. The van der Waals surface area contributed by atoms with Crippen molar-refractivity contribution in [1.29, 1.82) is 5.26 Å². The Labute approximate surface area is 141 Å². The Morgan fingerprint density at radius 2 is 2.00 bits per heavy atom. The molecule has 24 heavy (non-hydrogen) atoms. The Morgan fingerprint density at radius 1 is 1.21 bits per heavy atom. The SMILES string of the molecule is CCOC(=O)CNCc1cc(OCc2ccccc2)ccc1C#N. The fraction of sp³-hybridized carbons (Fsp3) is 0.263. The van der Waals surface area contributed by atoms with Crippen LogP contribution in [0.5, 0.6) is 5.75 Å². The third-order valence-corrected chi connectivity index (χ3v) is 3.34. The summed E-state index contributed by atoms with van der Waals surface area (Å²) in [5, 5.41) is 12.2. The van der Waals surface area contributed by atoms with Gasteiger partial charge in [0.05, 0.1) is 24.8 Å². The van der Waals surface area contributed by atoms with E-state index in [0.717, 1.165) is 11.1 Å². The lowest BCUT2D eigenvalue weighted by Gasteiger charge is -2.10. The molecule has 0 saturated heterocycles. The molecule has 124 valence electrons. The quantitative estimate of drug-likeness (QED) is 0.756. The van der Waals surface area contributed by atoms with Crippen molar-refractivity contribution in [3.8, 4) is 11.8 Å². The van der Waals surface area contributed by atoms with E-state index < -0.39 is 0 Å². The summed E-state index contributed by atoms with van der Waals surface area (Å²) in [6.45, 7) is 3.08. The second-order valence-electron chi connectivity index (χ2n) is 5.11. The Kier molecular flexibility index (Phi) is 6.81. The number of hydrogen-bond donors (Lipinski definition) is 1. The highest BCUT2D eigenvalue weighted by molar-refractivity contribution is 5.71. The van der Waals surface area contributed by atoms with E-state index in [2.05, 4.69) is 11.4 Å². The molecule has 0 amide bonds. The highest BCUT2D eigenvalue weighted by atomic mass is 16.5. The smallest absolute Gasteiger partial charge is 0.319 e. The normalized spacial score (nSPS) is 10.0. The Bertz CT molecular complexity index is 708. The van der Waals surface area contributed by atoms with Crippen molar-refractivity contribution in [1.82, 2.24) is 5.32 Å². The standard InChI is InChI=1S/C19H20N2O3/c1-2-23-19(22)13-21-12-17-10-18(9-8-16(17)11-20)24-14-15-6-4-3-5-7-15/h3-10,21H,2,12-14H2,1H3. The van der Waals surface area contributed by atoms with Crippen LogP contribution in [-0.4, -0.2) is 19.1 Å². The van der Waals surface area contributed by atoms with Crippen LogP contribution >= 0.6 is 0 Å². The lowest BCUT2D eigenvalue weighted by molar-refractivity contribution is -0.142. The first kappa shape index (κ1) is 17.5. The first-order valence-corrected chi connectivity index (χ1v) is 7.79. The van der Waals surface area contributed by atoms with Crippen molar-refractivity contribution in [2.75, 3.05) is 13.2 Å². The van der Waals surface area contributed by atoms with E-state index in [-0.39, 0.29) is 12.5 Å². The number of carbonyl (C=O) groups is 1. The van der Waals surface area contributed by atoms with E-state index >= 15 is 0 Å². The van der Waals surface area contributed by atoms with Gasteiger partial charge in [-0.15, -0.1) is 0 Å². The van der Waals surface area contributed by atoms with Gasteiger partial charge in [-0.05, 0) is 36.2 Å². The number of benzene rings is 2. The fourth-order valence-electron chi connectivity index (χ4n) is 2.17. The molecule has 0 aliphatic carbocycles. The van der Waals surface area contributed by atoms with E-state index in [1.165, 1.54) is 0 Å². The highest BCUT2D eigenvalue weighted by Crippen LogP contribution is 2.19. The largest absolute Gasteiger partial charge is 0.489 e. The van der Waals surface area contributed by atoms with Gasteiger partial charge >= 0.3 is 5.97 Å². The van der Waals surface area contributed by atoms with Crippen LogP contribution in [0.25, 0.3) is 0 Å². The van der Waals surface area contributed by atoms with Crippen molar-refractivity contribution < 1.29 is 14.3 Å². The molecule has 0 heterocycles. The number of carbonyl (C=O) groups excluding carboxylic acids is 1. The maximum absolute atomic E-state index is 11.3. The van der Waals surface area contributed by atoms with Crippen molar-refractivity contribution in [2.45, 2.75) is 20.1 Å². The molecule has 0 aromatic heterocycles. The number of nitrogens with zero attached hydrogens (tertiary/aromatic N) is 1. The minimum absolute atomic E-state index is 0.105. The van der Waals surface area contributed by atoms with Gasteiger partial charge < -0.3 is 14.8 Å². The molecule has 0 atom stereocenters. The zero-order chi connectivity index (χ0) is 17.2. The molecular formula is C19H20N2O3. The van der Waals surface area contributed by atoms with Crippen LogP contribution in [-0.2, 0) is 22.7 Å². The Hall–Kier alpha value is -2.84. The van der Waals surface area contributed by atoms with Crippen LogP contribution in [0, 0.1) is 11.3 Å². The molecule has 0 fully saturated rings. The summed E-state index contributed by atoms with van der Waals surface area (Å²) in [7, 11) is 0. The third kappa shape index (κ3) is 5.41. The summed E-state index contributed by atoms with van der Waals surface area (Å²) in [5.41, 5.74) is 2.41. The molecule has 0 radical (unpaired) electrons. The summed E-state index contributed by atoms with van der Waals surface area (Å²) in [6.07, 6.45) is 0. The van der Waals surface area contributed by atoms with Crippen LogP contribution in [0.4, 0.5) is 0 Å². The van der Waals surface area contributed by atoms with Crippen molar-refractivity contribution in [2.24, 2.45) is 0 Å². The summed E-state index contributed by atoms with van der Waals surface area (Å²) < 4.78 is 10.6. The fourth-order valence-corrected chi connectivity index (χ4v) is 2.17. The molecule has 0 aliphatic heterocycles. The van der Waals surface area contributed by atoms with Gasteiger partial charge in [-0.25, -0.2) is 0 Å². The average molecular weight is 324 g/mol. The molecule has 0 unspecified atom stereocenters. The van der Waals surface area contributed by atoms with Gasteiger partial charge in [-0.1, -0.05) is 30.3 Å². The van der Waals surface area contributed by atoms with Gasteiger partial charge in [0.15, 0.2) is 0 Å². The lowest BCUT2D eigenvalue weighted by Crippen LogP contribution is -2.24. The van der Waals surface area contributed by atoms with E-state index in [1.807, 2.05) is 36.4 Å². The van der Waals surface area contributed by atoms with E-state index in [0.29, 0.717) is 31.1 Å². The highest BCUT2D eigenvalue weighted by Gasteiger charge is 2.07. The number of hydrogen-bond acceptors (Lipinski definition) is 5. The first-order valence-electron chi connectivity index (χ1n) is 7.79. The Morgan fingerprint density at radius 3 is 2.71 bits per heavy atom. The summed E-state index contributed by atoms with van der Waals surface area (Å²) >= 11 is 0. The predicted molar refractivity (Wildman–Crippen MR) is 90.3 cm³/mol. The van der Waals surface area contributed by atoms with Crippen LogP contribution in [0.3, 0.4) is 0 Å². The maximum Gasteiger partial charge on any atom is 0.319 e. The zero-order valence-electron chi connectivity index (χ0n) is 13.6. The maximum atomic E-state index is 11.3. The van der Waals surface area contributed by atoms with Crippen molar-refractivity contribution in [3.05, 3.63) is 65.2 Å². The number of nitriles is 1. The molecule has 0 aliphatic rings. The topological polar surface area (TPSA) is 71.3 Å². The lowest BCUT2D eigenvalue weighted by atomic mass is 10.1. The molecule has 2 aromatic rings. The van der Waals surface area contributed by atoms with Crippen molar-refractivity contribution >= 4 is 5.97 Å². The van der Waals surface area contributed by atoms with Gasteiger partial charge in [-0.2, -0.15) is 5.26 Å². The van der Waals surface area contributed by atoms with Gasteiger partial charge in [0.2, 0.25) is 0 Å². The van der Waals surface area contributed by atoms with E-state index in [4.69, 9.17) is 9.47 Å². The molecular weight excluding hydrogens is 304 g/mol. The molecule has 0 bridgehead atoms. The van der Waals surface area contributed by atoms with Gasteiger partial charge in [0.25, 0.3) is 0 Å². The summed E-state index contributed by atoms with van der Waals surface area (Å²) in [4.78, 5) is 11.3. The molecule has 5 nitrogen and oxygen atoms in total. The average Bonchev–Trinajstić information content (AvgIpc) is 2.61. The predicted octanol–water partition coefficient (Wildman–Crippen LogP) is 2.79. The molecule has 1 N–H and O–H groups in total. The number of rotatable bonds is 8. The number of esters is 1. The Balaban J connectivity index is 1.96. The van der Waals surface area contributed by atoms with Gasteiger partial charge in [0.1, 0.15) is 12.4 Å². The van der Waals surface area contributed by atoms with Gasteiger partial charge in [-0.3, -0.25) is 4.79 Å². The summed E-state index contributed by atoms with van der Waals surface area (Å²) in [6, 6.07) is 17.3. The molecule has 2 aromatic carbocycles. The number of ether oxygens (including phenoxy) is 2.